The fourth-order valence-corrected chi connectivity index (χ4v) is 4.19. The highest BCUT2D eigenvalue weighted by molar-refractivity contribution is 7.92. The van der Waals surface area contributed by atoms with Crippen LogP contribution in [0.5, 0.6) is 0 Å². The van der Waals surface area contributed by atoms with Gasteiger partial charge in [0.05, 0.1) is 4.90 Å². The molecule has 1 amide bonds. The van der Waals surface area contributed by atoms with E-state index in [1.54, 1.807) is 18.2 Å². The van der Waals surface area contributed by atoms with E-state index >= 15 is 0 Å². The molecule has 0 radical (unpaired) electrons. The highest BCUT2D eigenvalue weighted by Gasteiger charge is 2.19. The van der Waals surface area contributed by atoms with Crippen molar-refractivity contribution < 1.29 is 18.0 Å². The van der Waals surface area contributed by atoms with Crippen LogP contribution in [-0.4, -0.2) is 26.2 Å². The van der Waals surface area contributed by atoms with Gasteiger partial charge in [-0.05, 0) is 56.2 Å². The van der Waals surface area contributed by atoms with Gasteiger partial charge in [-0.25, -0.2) is 8.42 Å². The summed E-state index contributed by atoms with van der Waals surface area (Å²) in [4.78, 5) is 23.7. The molecule has 0 heterocycles. The summed E-state index contributed by atoms with van der Waals surface area (Å²) in [7, 11) is -3.81. The van der Waals surface area contributed by atoms with Gasteiger partial charge in [0, 0.05) is 22.9 Å². The van der Waals surface area contributed by atoms with E-state index in [0.29, 0.717) is 16.8 Å². The summed E-state index contributed by atoms with van der Waals surface area (Å²) >= 11 is 0. The molecule has 0 saturated heterocycles. The zero-order valence-corrected chi connectivity index (χ0v) is 15.9. The summed E-state index contributed by atoms with van der Waals surface area (Å²) < 4.78 is 27.5. The first-order valence-electron chi connectivity index (χ1n) is 8.90. The number of rotatable bonds is 6. The number of amides is 1. The highest BCUT2D eigenvalue weighted by atomic mass is 32.2. The third kappa shape index (κ3) is 4.74. The first-order chi connectivity index (χ1) is 12.8. The number of hydrogen-bond donors (Lipinski definition) is 2. The Labute approximate surface area is 159 Å². The second kappa shape index (κ2) is 7.92. The number of carbonyl (C=O) groups excluding carboxylic acids is 2. The molecule has 7 heteroatoms. The molecule has 142 valence electrons. The summed E-state index contributed by atoms with van der Waals surface area (Å²) in [6.07, 6.45) is 4.22. The van der Waals surface area contributed by atoms with Crippen molar-refractivity contribution in [3.8, 4) is 0 Å². The Morgan fingerprint density at radius 3 is 2.26 bits per heavy atom. The molecule has 2 N–H and O–H groups in total. The number of benzene rings is 2. The average Bonchev–Trinajstić information content (AvgIpc) is 3.14. The quantitative estimate of drug-likeness (QED) is 0.745. The van der Waals surface area contributed by atoms with Crippen molar-refractivity contribution >= 4 is 27.4 Å². The minimum atomic E-state index is -3.81. The molecule has 0 aliphatic heterocycles. The van der Waals surface area contributed by atoms with Crippen molar-refractivity contribution in [2.24, 2.45) is 0 Å². The van der Waals surface area contributed by atoms with E-state index in [9.17, 15) is 18.0 Å². The van der Waals surface area contributed by atoms with Gasteiger partial charge in [0.15, 0.2) is 5.78 Å². The maximum absolute atomic E-state index is 12.5. The van der Waals surface area contributed by atoms with E-state index < -0.39 is 10.0 Å². The van der Waals surface area contributed by atoms with Crippen LogP contribution >= 0.6 is 0 Å². The van der Waals surface area contributed by atoms with Gasteiger partial charge in [-0.1, -0.05) is 25.0 Å². The fourth-order valence-electron chi connectivity index (χ4n) is 3.14. The van der Waals surface area contributed by atoms with Crippen molar-refractivity contribution in [3.63, 3.8) is 0 Å². The third-order valence-electron chi connectivity index (χ3n) is 4.64. The highest BCUT2D eigenvalue weighted by Crippen LogP contribution is 2.20. The lowest BCUT2D eigenvalue weighted by Crippen LogP contribution is -2.32. The first kappa shape index (κ1) is 19.1. The molecular weight excluding hydrogens is 364 g/mol. The molecule has 6 nitrogen and oxygen atoms in total. The van der Waals surface area contributed by atoms with E-state index in [4.69, 9.17) is 0 Å². The number of ketones is 1. The maximum Gasteiger partial charge on any atom is 0.261 e. The summed E-state index contributed by atoms with van der Waals surface area (Å²) in [5.41, 5.74) is 1.17. The molecule has 1 saturated carbocycles. The van der Waals surface area contributed by atoms with E-state index in [0.717, 1.165) is 25.7 Å². The lowest BCUT2D eigenvalue weighted by molar-refractivity contribution is 0.0937. The van der Waals surface area contributed by atoms with E-state index in [2.05, 4.69) is 10.0 Å². The van der Waals surface area contributed by atoms with Crippen molar-refractivity contribution in [1.82, 2.24) is 5.32 Å². The van der Waals surface area contributed by atoms with Crippen LogP contribution in [0.2, 0.25) is 0 Å². The Bertz CT molecular complexity index is 946. The SMILES string of the molecule is CC(=O)c1cccc(NS(=O)(=O)c2ccc(C(=O)NC3CCCC3)cc2)c1. The Hall–Kier alpha value is -2.67. The van der Waals surface area contributed by atoms with Gasteiger partial charge in [0.2, 0.25) is 0 Å². The van der Waals surface area contributed by atoms with Crippen molar-refractivity contribution in [2.45, 2.75) is 43.5 Å². The van der Waals surface area contributed by atoms with Crippen LogP contribution in [0.3, 0.4) is 0 Å². The second-order valence-electron chi connectivity index (χ2n) is 6.72. The molecule has 0 aromatic heterocycles. The molecule has 2 aromatic carbocycles. The topological polar surface area (TPSA) is 92.3 Å². The molecule has 3 rings (SSSR count). The van der Waals surface area contributed by atoms with Gasteiger partial charge >= 0.3 is 0 Å². The van der Waals surface area contributed by atoms with E-state index in [1.807, 2.05) is 0 Å². The summed E-state index contributed by atoms with van der Waals surface area (Å²) in [5.74, 6) is -0.332. The zero-order valence-electron chi connectivity index (χ0n) is 15.1. The standard InChI is InChI=1S/C20H22N2O4S/c1-14(23)16-5-4-8-18(13-16)22-27(25,26)19-11-9-15(10-12-19)20(24)21-17-6-2-3-7-17/h4-5,8-13,17,22H,2-3,6-7H2,1H3,(H,21,24). The average molecular weight is 386 g/mol. The minimum Gasteiger partial charge on any atom is -0.349 e. The van der Waals surface area contributed by atoms with E-state index in [1.165, 1.54) is 37.3 Å². The number of Topliss-reactive ketones (excluding diaryl/α,β-unsaturated/α-hetero) is 1. The molecule has 0 unspecified atom stereocenters. The molecule has 0 atom stereocenters. The van der Waals surface area contributed by atoms with Gasteiger partial charge in [-0.15, -0.1) is 0 Å². The van der Waals surface area contributed by atoms with Gasteiger partial charge in [-0.2, -0.15) is 0 Å². The molecule has 2 aromatic rings. The lowest BCUT2D eigenvalue weighted by atomic mass is 10.1. The second-order valence-corrected chi connectivity index (χ2v) is 8.40. The molecule has 1 fully saturated rings. The monoisotopic (exact) mass is 386 g/mol. The van der Waals surface area contributed by atoms with Crippen molar-refractivity contribution in [3.05, 3.63) is 59.7 Å². The predicted molar refractivity (Wildman–Crippen MR) is 103 cm³/mol. The van der Waals surface area contributed by atoms with Crippen LogP contribution in [0.25, 0.3) is 0 Å². The van der Waals surface area contributed by atoms with Crippen LogP contribution in [0.4, 0.5) is 5.69 Å². The number of hydrogen-bond acceptors (Lipinski definition) is 4. The van der Waals surface area contributed by atoms with Crippen LogP contribution in [0.15, 0.2) is 53.4 Å². The summed E-state index contributed by atoms with van der Waals surface area (Å²) in [6.45, 7) is 1.42. The van der Waals surface area contributed by atoms with Crippen molar-refractivity contribution in [2.75, 3.05) is 4.72 Å². The molecule has 27 heavy (non-hydrogen) atoms. The Balaban J connectivity index is 1.72. The van der Waals surface area contributed by atoms with Gasteiger partial charge < -0.3 is 5.32 Å². The Kier molecular flexibility index (Phi) is 5.60. The summed E-state index contributed by atoms with van der Waals surface area (Å²) in [6, 6.07) is 12.3. The molecule has 1 aliphatic carbocycles. The smallest absolute Gasteiger partial charge is 0.261 e. The number of sulfonamides is 1. The largest absolute Gasteiger partial charge is 0.349 e. The lowest BCUT2D eigenvalue weighted by Gasteiger charge is -2.12. The Morgan fingerprint density at radius 1 is 0.963 bits per heavy atom. The van der Waals surface area contributed by atoms with Crippen LogP contribution in [-0.2, 0) is 10.0 Å². The molecular formula is C20H22N2O4S. The maximum atomic E-state index is 12.5. The molecule has 1 aliphatic rings. The normalized spacial score (nSPS) is 14.7. The van der Waals surface area contributed by atoms with Crippen molar-refractivity contribution in [1.29, 1.82) is 0 Å². The van der Waals surface area contributed by atoms with Gasteiger partial charge in [-0.3, -0.25) is 14.3 Å². The minimum absolute atomic E-state index is 0.0492. The third-order valence-corrected chi connectivity index (χ3v) is 6.04. The Morgan fingerprint density at radius 2 is 1.63 bits per heavy atom. The first-order valence-corrected chi connectivity index (χ1v) is 10.4. The number of carbonyl (C=O) groups is 2. The predicted octanol–water partition coefficient (Wildman–Crippen LogP) is 3.36. The number of anilines is 1. The van der Waals surface area contributed by atoms with Gasteiger partial charge in [0.25, 0.3) is 15.9 Å². The zero-order chi connectivity index (χ0) is 19.4. The van der Waals surface area contributed by atoms with Crippen LogP contribution < -0.4 is 10.0 Å². The summed E-state index contributed by atoms with van der Waals surface area (Å²) in [5, 5.41) is 2.97. The van der Waals surface area contributed by atoms with E-state index in [-0.39, 0.29) is 22.6 Å². The molecule has 0 spiro atoms. The molecule has 0 bridgehead atoms. The van der Waals surface area contributed by atoms with Crippen LogP contribution in [0.1, 0.15) is 53.3 Å². The van der Waals surface area contributed by atoms with Gasteiger partial charge in [0.1, 0.15) is 0 Å². The van der Waals surface area contributed by atoms with Crippen LogP contribution in [0, 0.1) is 0 Å². The number of nitrogens with one attached hydrogen (secondary N) is 2. The fraction of sp³-hybridized carbons (Fsp3) is 0.300.